The summed E-state index contributed by atoms with van der Waals surface area (Å²) in [5.41, 5.74) is 4.74. The number of benzene rings is 2. The molecule has 1 saturated carbocycles. The molecule has 1 spiro atoms. The average molecular weight is 631 g/mol. The van der Waals surface area contributed by atoms with E-state index in [1.807, 2.05) is 109 Å². The van der Waals surface area contributed by atoms with E-state index in [0.717, 1.165) is 44.6 Å². The predicted octanol–water partition coefficient (Wildman–Crippen LogP) is 5.74. The highest BCUT2D eigenvalue weighted by molar-refractivity contribution is 5.93. The van der Waals surface area contributed by atoms with Crippen LogP contribution in [0.25, 0.3) is 44.9 Å². The van der Waals surface area contributed by atoms with Crippen LogP contribution in [-0.4, -0.2) is 65.0 Å². The fourth-order valence-corrected chi connectivity index (χ4v) is 7.44. The van der Waals surface area contributed by atoms with Crippen LogP contribution in [0.4, 0.5) is 4.79 Å². The number of hydrogen-bond acceptors (Lipinski definition) is 6. The van der Waals surface area contributed by atoms with Gasteiger partial charge in [0, 0.05) is 43.4 Å². The van der Waals surface area contributed by atoms with Crippen LogP contribution >= 0.6 is 0 Å². The highest BCUT2D eigenvalue weighted by Crippen LogP contribution is 2.57. The fraction of sp³-hybridized carbons (Fsp3) is 0.306. The van der Waals surface area contributed by atoms with Gasteiger partial charge in [-0.1, -0.05) is 47.1 Å². The molecule has 0 radical (unpaired) electrons. The number of nitrogens with zero attached hydrogens (tertiary/aromatic N) is 7. The number of imidazole rings is 1. The molecule has 11 nitrogen and oxygen atoms in total. The van der Waals surface area contributed by atoms with E-state index in [9.17, 15) is 9.90 Å². The molecular formula is C36H36N7O4+. The van der Waals surface area contributed by atoms with Crippen LogP contribution in [0.1, 0.15) is 39.2 Å². The van der Waals surface area contributed by atoms with Crippen LogP contribution in [-0.2, 0) is 22.1 Å². The van der Waals surface area contributed by atoms with Crippen molar-refractivity contribution in [3.8, 4) is 28.3 Å². The van der Waals surface area contributed by atoms with Crippen molar-refractivity contribution >= 4 is 22.6 Å². The third-order valence-corrected chi connectivity index (χ3v) is 9.31. The first-order valence-corrected chi connectivity index (χ1v) is 15.8. The van der Waals surface area contributed by atoms with Gasteiger partial charge in [-0.05, 0) is 56.2 Å². The second-order valence-electron chi connectivity index (χ2n) is 13.5. The molecule has 2 aliphatic rings. The molecule has 1 aliphatic heterocycles. The lowest BCUT2D eigenvalue weighted by atomic mass is 9.64. The zero-order valence-electron chi connectivity index (χ0n) is 26.8. The molecule has 1 saturated heterocycles. The Hall–Kier alpha value is -5.13. The molecule has 238 valence electrons. The molecule has 2 fully saturated rings. The van der Waals surface area contributed by atoms with Gasteiger partial charge in [0.2, 0.25) is 0 Å². The van der Waals surface area contributed by atoms with Crippen molar-refractivity contribution < 1.29 is 23.8 Å². The second-order valence-corrected chi connectivity index (χ2v) is 13.5. The second kappa shape index (κ2) is 10.4. The number of aryl methyl sites for hydroxylation is 1. The van der Waals surface area contributed by atoms with Crippen LogP contribution in [0, 0.1) is 0 Å². The quantitative estimate of drug-likeness (QED) is 0.242. The van der Waals surface area contributed by atoms with Crippen LogP contribution < -0.4 is 4.40 Å². The summed E-state index contributed by atoms with van der Waals surface area (Å²) >= 11 is 0. The molecule has 6 aromatic rings. The Morgan fingerprint density at radius 1 is 0.979 bits per heavy atom. The summed E-state index contributed by atoms with van der Waals surface area (Å²) in [6, 6.07) is 22.4. The van der Waals surface area contributed by atoms with E-state index in [1.54, 1.807) is 11.2 Å². The molecule has 8 rings (SSSR count). The predicted molar refractivity (Wildman–Crippen MR) is 175 cm³/mol. The van der Waals surface area contributed by atoms with Crippen LogP contribution in [0.2, 0.25) is 0 Å². The van der Waals surface area contributed by atoms with Gasteiger partial charge in [-0.2, -0.15) is 4.40 Å². The number of fused-ring (bicyclic) bond motifs is 3. The standard InChI is InChI=1S/C36H35N7O4/c1-34(2,3)43(33(44)45)35(21-36(22-35)46-16-17-47-36)26-10-12-27(13-11-26)42-32-28-18-25(24-8-6-5-7-9-24)19-37-29(28)14-15-41(32)31(39-42)30-20-40(4)23-38-30/h5-15,18-20,23H,16-17,21-22H2,1-4H3/p+1. The molecule has 0 atom stereocenters. The Kier molecular flexibility index (Phi) is 6.51. The number of carboxylic acid groups (broad SMARTS) is 1. The van der Waals surface area contributed by atoms with Gasteiger partial charge in [0.25, 0.3) is 5.65 Å². The molecule has 2 aromatic carbocycles. The summed E-state index contributed by atoms with van der Waals surface area (Å²) in [6.07, 6.45) is 7.46. The molecule has 11 heteroatoms. The van der Waals surface area contributed by atoms with Gasteiger partial charge in [0.1, 0.15) is 5.69 Å². The van der Waals surface area contributed by atoms with E-state index in [4.69, 9.17) is 19.6 Å². The maximum Gasteiger partial charge on any atom is 0.408 e. The summed E-state index contributed by atoms with van der Waals surface area (Å²) in [5.74, 6) is -0.0683. The summed E-state index contributed by atoms with van der Waals surface area (Å²) in [5, 5.41) is 16.5. The van der Waals surface area contributed by atoms with Crippen molar-refractivity contribution in [1.29, 1.82) is 0 Å². The lowest BCUT2D eigenvalue weighted by Crippen LogP contribution is -2.68. The molecule has 4 aromatic heterocycles. The molecule has 0 unspecified atom stereocenters. The third-order valence-electron chi connectivity index (χ3n) is 9.31. The number of pyridine rings is 2. The Balaban J connectivity index is 1.30. The van der Waals surface area contributed by atoms with Crippen molar-refractivity contribution in [3.63, 3.8) is 0 Å². The van der Waals surface area contributed by atoms with Gasteiger partial charge in [-0.25, -0.2) is 9.78 Å². The van der Waals surface area contributed by atoms with Crippen molar-refractivity contribution in [3.05, 3.63) is 97.2 Å². The monoisotopic (exact) mass is 630 g/mol. The van der Waals surface area contributed by atoms with E-state index in [2.05, 4.69) is 23.2 Å². The summed E-state index contributed by atoms with van der Waals surface area (Å²) in [7, 11) is 1.94. The molecule has 0 bridgehead atoms. The molecule has 1 N–H and O–H groups in total. The van der Waals surface area contributed by atoms with Crippen LogP contribution in [0.15, 0.2) is 91.6 Å². The van der Waals surface area contributed by atoms with Gasteiger partial charge < -0.3 is 19.1 Å². The Bertz CT molecular complexity index is 2130. The topological polar surface area (TPSA) is 112 Å². The zero-order chi connectivity index (χ0) is 32.6. The minimum Gasteiger partial charge on any atom is -0.465 e. The minimum atomic E-state index is -0.975. The maximum absolute atomic E-state index is 12.8. The summed E-state index contributed by atoms with van der Waals surface area (Å²) in [4.78, 5) is 23.8. The number of rotatable bonds is 5. The zero-order valence-corrected chi connectivity index (χ0v) is 26.8. The van der Waals surface area contributed by atoms with E-state index >= 15 is 0 Å². The van der Waals surface area contributed by atoms with E-state index in [-0.39, 0.29) is 0 Å². The number of carbonyl (C=O) groups is 1. The maximum atomic E-state index is 12.8. The van der Waals surface area contributed by atoms with E-state index < -0.39 is 23.0 Å². The van der Waals surface area contributed by atoms with Crippen molar-refractivity contribution in [2.45, 2.75) is 50.5 Å². The largest absolute Gasteiger partial charge is 0.465 e. The SMILES string of the molecule is Cn1cnc(-c2nn(-c3ccc(C4(N(C(=O)O)C(C)(C)C)CC5(C4)OCCO5)cc3)c3c4cc(-c5ccccc5)cnc4cc[n+]23)c1. The Morgan fingerprint density at radius 3 is 2.34 bits per heavy atom. The van der Waals surface area contributed by atoms with Gasteiger partial charge in [-0.15, -0.1) is 0 Å². The minimum absolute atomic E-state index is 0.422. The Morgan fingerprint density at radius 2 is 1.70 bits per heavy atom. The summed E-state index contributed by atoms with van der Waals surface area (Å²) < 4.78 is 17.9. The van der Waals surface area contributed by atoms with Gasteiger partial charge in [-0.3, -0.25) is 9.88 Å². The molecule has 1 amide bonds. The van der Waals surface area contributed by atoms with Crippen LogP contribution in [0.3, 0.4) is 0 Å². The highest BCUT2D eigenvalue weighted by Gasteiger charge is 2.64. The normalized spacial score (nSPS) is 16.9. The fourth-order valence-electron chi connectivity index (χ4n) is 7.44. The van der Waals surface area contributed by atoms with Gasteiger partial charge in [0.15, 0.2) is 11.5 Å². The lowest BCUT2D eigenvalue weighted by molar-refractivity contribution is -0.498. The van der Waals surface area contributed by atoms with Gasteiger partial charge in [0.05, 0.1) is 47.3 Å². The van der Waals surface area contributed by atoms with Gasteiger partial charge >= 0.3 is 11.9 Å². The Labute approximate surface area is 271 Å². The lowest BCUT2D eigenvalue weighted by Gasteiger charge is -2.60. The molecular weight excluding hydrogens is 594 g/mol. The van der Waals surface area contributed by atoms with E-state index in [1.165, 1.54) is 0 Å². The van der Waals surface area contributed by atoms with Crippen molar-refractivity contribution in [2.75, 3.05) is 13.2 Å². The first-order valence-electron chi connectivity index (χ1n) is 15.8. The highest BCUT2D eigenvalue weighted by atomic mass is 16.7. The average Bonchev–Trinajstić information content (AvgIpc) is 3.79. The molecule has 47 heavy (non-hydrogen) atoms. The smallest absolute Gasteiger partial charge is 0.408 e. The van der Waals surface area contributed by atoms with E-state index in [0.29, 0.717) is 31.9 Å². The number of ether oxygens (including phenoxy) is 2. The van der Waals surface area contributed by atoms with Crippen molar-refractivity contribution in [1.82, 2.24) is 29.2 Å². The first kappa shape index (κ1) is 29.3. The van der Waals surface area contributed by atoms with Crippen molar-refractivity contribution in [2.24, 2.45) is 7.05 Å². The summed E-state index contributed by atoms with van der Waals surface area (Å²) in [6.45, 7) is 6.79. The molecule has 1 aliphatic carbocycles. The third kappa shape index (κ3) is 4.68. The van der Waals surface area contributed by atoms with Crippen LogP contribution in [0.5, 0.6) is 0 Å². The number of aromatic nitrogens is 6. The number of hydrogen-bond donors (Lipinski definition) is 1. The number of amides is 1. The first-order chi connectivity index (χ1) is 22.6. The molecule has 5 heterocycles.